The van der Waals surface area contributed by atoms with Crippen LogP contribution in [-0.4, -0.2) is 50.5 Å². The topological polar surface area (TPSA) is 72.9 Å². The first kappa shape index (κ1) is 26.6. The van der Waals surface area contributed by atoms with Gasteiger partial charge in [0.25, 0.3) is 5.91 Å². The second-order valence-electron chi connectivity index (χ2n) is 8.04. The second-order valence-corrected chi connectivity index (χ2v) is 10.1. The van der Waals surface area contributed by atoms with Crippen LogP contribution >= 0.6 is 0 Å². The molecular weight excluding hydrogens is 504 g/mol. The van der Waals surface area contributed by atoms with E-state index in [9.17, 15) is 39.6 Å². The Balaban J connectivity index is 1.84. The fraction of sp³-hybridized carbons (Fsp3) is 0.409. The number of amides is 1. The van der Waals surface area contributed by atoms with Crippen molar-refractivity contribution in [1.29, 1.82) is 0 Å². The van der Waals surface area contributed by atoms with Gasteiger partial charge < -0.3 is 14.4 Å². The van der Waals surface area contributed by atoms with Crippen LogP contribution in [0.15, 0.2) is 41.3 Å². The monoisotopic (exact) mass is 525 g/mol. The first-order valence-corrected chi connectivity index (χ1v) is 12.1. The molecule has 6 nitrogen and oxygen atoms in total. The molecule has 0 spiro atoms. The van der Waals surface area contributed by atoms with Gasteiger partial charge in [-0.05, 0) is 48.4 Å². The fourth-order valence-electron chi connectivity index (χ4n) is 3.33. The average molecular weight is 525 g/mol. The Morgan fingerprint density at radius 2 is 1.69 bits per heavy atom. The van der Waals surface area contributed by atoms with E-state index in [1.54, 1.807) is 6.07 Å². The van der Waals surface area contributed by atoms with Gasteiger partial charge in [0.05, 0.1) is 23.5 Å². The summed E-state index contributed by atoms with van der Waals surface area (Å²) in [6.45, 7) is 0.211. The van der Waals surface area contributed by atoms with Crippen molar-refractivity contribution in [2.24, 2.45) is 0 Å². The van der Waals surface area contributed by atoms with Crippen molar-refractivity contribution in [2.75, 3.05) is 12.9 Å². The molecule has 0 saturated heterocycles. The van der Waals surface area contributed by atoms with E-state index in [4.69, 9.17) is 9.47 Å². The van der Waals surface area contributed by atoms with Crippen LogP contribution in [0.1, 0.15) is 34.8 Å². The minimum absolute atomic E-state index is 0.0119. The van der Waals surface area contributed by atoms with Gasteiger partial charge in [0, 0.05) is 19.3 Å². The van der Waals surface area contributed by atoms with E-state index in [0.717, 1.165) is 31.4 Å². The maximum atomic E-state index is 13.2. The van der Waals surface area contributed by atoms with Crippen LogP contribution in [0.4, 0.5) is 26.3 Å². The quantitative estimate of drug-likeness (QED) is 0.481. The van der Waals surface area contributed by atoms with Crippen LogP contribution in [0.25, 0.3) is 0 Å². The minimum atomic E-state index is -4.72. The Bertz CT molecular complexity index is 1210. The summed E-state index contributed by atoms with van der Waals surface area (Å²) in [6, 6.07) is 7.52. The fourth-order valence-corrected chi connectivity index (χ4v) is 3.97. The molecule has 1 aliphatic heterocycles. The largest absolute Gasteiger partial charge is 0.493 e. The summed E-state index contributed by atoms with van der Waals surface area (Å²) in [7, 11) is -3.78. The van der Waals surface area contributed by atoms with Crippen LogP contribution in [-0.2, 0) is 22.9 Å². The zero-order valence-electron chi connectivity index (χ0n) is 18.5. The van der Waals surface area contributed by atoms with Crippen molar-refractivity contribution >= 4 is 15.7 Å². The standard InChI is InChI=1S/C22H21F6NO5S/c1-13(22(26,27)28)34-19-6-5-17(35(2,31)32)10-18(19)20(30)29-11-14-3-4-16(9-15(14)12-29)33-8-7-21(23,24)25/h3-6,9-10,13H,7-8,11-12H2,1-2H3/t13-/m0/s1. The van der Waals surface area contributed by atoms with Gasteiger partial charge in [-0.15, -0.1) is 0 Å². The highest BCUT2D eigenvalue weighted by atomic mass is 32.2. The third kappa shape index (κ3) is 6.80. The predicted molar refractivity (Wildman–Crippen MR) is 112 cm³/mol. The number of hydrogen-bond donors (Lipinski definition) is 0. The van der Waals surface area contributed by atoms with Gasteiger partial charge in [0.15, 0.2) is 15.9 Å². The van der Waals surface area contributed by atoms with E-state index >= 15 is 0 Å². The van der Waals surface area contributed by atoms with Crippen LogP contribution < -0.4 is 9.47 Å². The number of fused-ring (bicyclic) bond motifs is 1. The number of alkyl halides is 6. The van der Waals surface area contributed by atoms with Crippen molar-refractivity contribution in [3.63, 3.8) is 0 Å². The molecule has 1 aliphatic rings. The lowest BCUT2D eigenvalue weighted by atomic mass is 10.1. The molecule has 3 rings (SSSR count). The number of halogens is 6. The van der Waals surface area contributed by atoms with E-state index in [0.29, 0.717) is 11.1 Å². The molecular formula is C22H21F6NO5S. The van der Waals surface area contributed by atoms with Crippen molar-refractivity contribution in [1.82, 2.24) is 4.90 Å². The first-order chi connectivity index (χ1) is 16.0. The summed E-state index contributed by atoms with van der Waals surface area (Å²) in [5, 5.41) is 0. The Morgan fingerprint density at radius 1 is 1.03 bits per heavy atom. The lowest BCUT2D eigenvalue weighted by Gasteiger charge is -2.22. The molecule has 1 amide bonds. The van der Waals surface area contributed by atoms with Gasteiger partial charge in [-0.1, -0.05) is 6.07 Å². The SMILES string of the molecule is C[C@H](Oc1ccc(S(C)(=O)=O)cc1C(=O)N1Cc2ccc(OCCC(F)(F)F)cc2C1)C(F)(F)F. The van der Waals surface area contributed by atoms with Gasteiger partial charge in [0.1, 0.15) is 11.5 Å². The van der Waals surface area contributed by atoms with Crippen molar-refractivity contribution in [2.45, 2.75) is 49.8 Å². The van der Waals surface area contributed by atoms with E-state index in [1.165, 1.54) is 17.0 Å². The Hall–Kier alpha value is -2.96. The molecule has 192 valence electrons. The lowest BCUT2D eigenvalue weighted by molar-refractivity contribution is -0.189. The maximum absolute atomic E-state index is 13.2. The minimum Gasteiger partial charge on any atom is -0.493 e. The molecule has 0 bridgehead atoms. The van der Waals surface area contributed by atoms with Gasteiger partial charge in [-0.3, -0.25) is 4.79 Å². The van der Waals surface area contributed by atoms with Crippen LogP contribution in [0.5, 0.6) is 11.5 Å². The summed E-state index contributed by atoms with van der Waals surface area (Å²) in [5.41, 5.74) is 0.874. The number of hydrogen-bond acceptors (Lipinski definition) is 5. The normalized spacial score (nSPS) is 15.0. The first-order valence-electron chi connectivity index (χ1n) is 10.2. The molecule has 0 unspecified atom stereocenters. The van der Waals surface area contributed by atoms with Crippen LogP contribution in [0, 0.1) is 0 Å². The summed E-state index contributed by atoms with van der Waals surface area (Å²) < 4.78 is 110. The highest BCUT2D eigenvalue weighted by Crippen LogP contribution is 2.33. The average Bonchev–Trinajstić information content (AvgIpc) is 3.14. The smallest absolute Gasteiger partial charge is 0.425 e. The number of rotatable bonds is 7. The number of sulfone groups is 1. The van der Waals surface area contributed by atoms with Crippen LogP contribution in [0.3, 0.4) is 0 Å². The molecule has 2 aromatic rings. The Labute approximate surface area is 197 Å². The zero-order valence-corrected chi connectivity index (χ0v) is 19.4. The number of carbonyl (C=O) groups is 1. The molecule has 35 heavy (non-hydrogen) atoms. The van der Waals surface area contributed by atoms with E-state index in [1.807, 2.05) is 0 Å². The summed E-state index contributed by atoms with van der Waals surface area (Å²) in [4.78, 5) is 14.2. The van der Waals surface area contributed by atoms with Gasteiger partial charge in [0.2, 0.25) is 0 Å². The number of carbonyl (C=O) groups excluding carboxylic acids is 1. The molecule has 1 heterocycles. The van der Waals surface area contributed by atoms with Gasteiger partial charge >= 0.3 is 12.4 Å². The van der Waals surface area contributed by atoms with Crippen molar-refractivity contribution in [3.8, 4) is 11.5 Å². The Kier molecular flexibility index (Phi) is 7.30. The predicted octanol–water partition coefficient (Wildman–Crippen LogP) is 4.91. The molecule has 0 N–H and O–H groups in total. The van der Waals surface area contributed by atoms with Crippen molar-refractivity contribution in [3.05, 3.63) is 53.1 Å². The van der Waals surface area contributed by atoms with Gasteiger partial charge in [-0.25, -0.2) is 8.42 Å². The van der Waals surface area contributed by atoms with E-state index < -0.39 is 53.0 Å². The van der Waals surface area contributed by atoms with Crippen molar-refractivity contribution < 1.29 is 49.0 Å². The molecule has 0 saturated carbocycles. The number of ether oxygens (including phenoxy) is 2. The van der Waals surface area contributed by atoms with E-state index in [2.05, 4.69) is 0 Å². The van der Waals surface area contributed by atoms with Gasteiger partial charge in [-0.2, -0.15) is 26.3 Å². The summed E-state index contributed by atoms with van der Waals surface area (Å²) >= 11 is 0. The lowest BCUT2D eigenvalue weighted by Crippen LogP contribution is -2.32. The molecule has 0 fully saturated rings. The molecule has 0 radical (unpaired) electrons. The molecule has 0 aromatic heterocycles. The number of benzene rings is 2. The molecule has 1 atom stereocenters. The van der Waals surface area contributed by atoms with Crippen LogP contribution in [0.2, 0.25) is 0 Å². The summed E-state index contributed by atoms with van der Waals surface area (Å²) in [5.74, 6) is -1.03. The Morgan fingerprint density at radius 3 is 2.29 bits per heavy atom. The second kappa shape index (κ2) is 9.59. The maximum Gasteiger partial charge on any atom is 0.425 e. The zero-order chi connectivity index (χ0) is 26.2. The molecule has 13 heteroatoms. The molecule has 0 aliphatic carbocycles. The van der Waals surface area contributed by atoms with E-state index in [-0.39, 0.29) is 29.3 Å². The number of nitrogens with zero attached hydrogens (tertiary/aromatic N) is 1. The third-order valence-corrected chi connectivity index (χ3v) is 6.33. The molecule has 2 aromatic carbocycles. The highest BCUT2D eigenvalue weighted by Gasteiger charge is 2.39. The third-order valence-electron chi connectivity index (χ3n) is 5.22. The highest BCUT2D eigenvalue weighted by molar-refractivity contribution is 7.90. The summed E-state index contributed by atoms with van der Waals surface area (Å²) in [6.07, 6.45) is -11.6.